The van der Waals surface area contributed by atoms with Crippen LogP contribution in [0.2, 0.25) is 0 Å². The average molecular weight is 256 g/mol. The maximum atomic E-state index is 11.6. The highest BCUT2D eigenvalue weighted by Gasteiger charge is 2.44. The van der Waals surface area contributed by atoms with Gasteiger partial charge in [-0.1, -0.05) is 43.4 Å². The second-order valence-corrected chi connectivity index (χ2v) is 5.45. The second kappa shape index (κ2) is 5.93. The first-order chi connectivity index (χ1) is 9.16. The van der Waals surface area contributed by atoms with Crippen molar-refractivity contribution in [1.29, 1.82) is 0 Å². The van der Waals surface area contributed by atoms with Crippen molar-refractivity contribution in [2.45, 2.75) is 39.0 Å². The molecular weight excluding hydrogens is 236 g/mol. The van der Waals surface area contributed by atoms with Crippen LogP contribution in [-0.2, 0) is 4.79 Å². The Kier molecular flexibility index (Phi) is 4.27. The Balaban J connectivity index is 2.07. The van der Waals surface area contributed by atoms with Crippen molar-refractivity contribution in [3.63, 3.8) is 0 Å². The predicted molar refractivity (Wildman–Crippen MR) is 75.6 cm³/mol. The number of hydrogen-bond acceptors (Lipinski definition) is 1. The Morgan fingerprint density at radius 1 is 1.42 bits per heavy atom. The van der Waals surface area contributed by atoms with Crippen LogP contribution in [0.15, 0.2) is 30.3 Å². The summed E-state index contributed by atoms with van der Waals surface area (Å²) < 4.78 is 0. The quantitative estimate of drug-likeness (QED) is 0.837. The monoisotopic (exact) mass is 256 g/mol. The maximum absolute atomic E-state index is 11.6. The molecule has 19 heavy (non-hydrogen) atoms. The van der Waals surface area contributed by atoms with Crippen LogP contribution in [0.5, 0.6) is 0 Å². The molecule has 2 nitrogen and oxygen atoms in total. The molecule has 1 fully saturated rings. The van der Waals surface area contributed by atoms with Gasteiger partial charge in [0, 0.05) is 12.0 Å². The lowest BCUT2D eigenvalue weighted by Crippen LogP contribution is -2.27. The van der Waals surface area contributed by atoms with E-state index in [1.165, 1.54) is 0 Å². The average Bonchev–Trinajstić information content (AvgIpc) is 2.85. The van der Waals surface area contributed by atoms with Gasteiger partial charge in [0.25, 0.3) is 0 Å². The van der Waals surface area contributed by atoms with Gasteiger partial charge in [-0.05, 0) is 37.3 Å². The van der Waals surface area contributed by atoms with Crippen molar-refractivity contribution in [1.82, 2.24) is 0 Å². The molecule has 1 aromatic carbocycles. The zero-order chi connectivity index (χ0) is 13.7. The molecule has 0 saturated heterocycles. The molecule has 2 atom stereocenters. The number of carboxylic acid groups (broad SMARTS) is 1. The molecule has 2 rings (SSSR count). The molecule has 1 saturated carbocycles. The molecule has 1 aromatic rings. The number of benzene rings is 1. The minimum Gasteiger partial charge on any atom is -0.481 e. The van der Waals surface area contributed by atoms with Gasteiger partial charge >= 0.3 is 5.97 Å². The van der Waals surface area contributed by atoms with Crippen molar-refractivity contribution in [2.24, 2.45) is 11.3 Å². The molecule has 1 aliphatic rings. The largest absolute Gasteiger partial charge is 0.481 e. The molecule has 0 heterocycles. The van der Waals surface area contributed by atoms with E-state index in [1.54, 1.807) is 0 Å². The molecular formula is C17H20O2. The van der Waals surface area contributed by atoms with Gasteiger partial charge in [-0.25, -0.2) is 0 Å². The zero-order valence-corrected chi connectivity index (χ0v) is 11.4. The highest BCUT2D eigenvalue weighted by molar-refractivity contribution is 5.75. The van der Waals surface area contributed by atoms with Gasteiger partial charge in [-0.2, -0.15) is 0 Å². The molecule has 0 aromatic heterocycles. The van der Waals surface area contributed by atoms with Crippen molar-refractivity contribution in [3.8, 4) is 11.8 Å². The lowest BCUT2D eigenvalue weighted by molar-refractivity contribution is -0.148. The molecule has 100 valence electrons. The normalized spacial score (nSPS) is 25.6. The molecule has 0 aliphatic heterocycles. The Bertz CT molecular complexity index is 495. The van der Waals surface area contributed by atoms with Crippen molar-refractivity contribution in [3.05, 3.63) is 35.9 Å². The van der Waals surface area contributed by atoms with E-state index < -0.39 is 11.4 Å². The fourth-order valence-electron chi connectivity index (χ4n) is 2.85. The van der Waals surface area contributed by atoms with Crippen molar-refractivity contribution >= 4 is 5.97 Å². The van der Waals surface area contributed by atoms with Crippen LogP contribution in [0.4, 0.5) is 0 Å². The third-order valence-electron chi connectivity index (χ3n) is 4.17. The van der Waals surface area contributed by atoms with Gasteiger partial charge in [0.2, 0.25) is 0 Å². The van der Waals surface area contributed by atoms with E-state index in [4.69, 9.17) is 0 Å². The fourth-order valence-corrected chi connectivity index (χ4v) is 2.85. The molecule has 0 bridgehead atoms. The van der Waals surface area contributed by atoms with E-state index >= 15 is 0 Å². The van der Waals surface area contributed by atoms with E-state index in [9.17, 15) is 9.90 Å². The SMILES string of the molecule is CCC1CCC(CC#Cc2ccccc2)(C(=O)O)C1. The van der Waals surface area contributed by atoms with Crippen LogP contribution < -0.4 is 0 Å². The van der Waals surface area contributed by atoms with Crippen molar-refractivity contribution < 1.29 is 9.90 Å². The summed E-state index contributed by atoms with van der Waals surface area (Å²) >= 11 is 0. The molecule has 1 aliphatic carbocycles. The smallest absolute Gasteiger partial charge is 0.310 e. The van der Waals surface area contributed by atoms with E-state index in [0.29, 0.717) is 12.3 Å². The minimum atomic E-state index is -0.675. The second-order valence-electron chi connectivity index (χ2n) is 5.45. The summed E-state index contributed by atoms with van der Waals surface area (Å²) in [6.07, 6.45) is 4.11. The molecule has 1 N–H and O–H groups in total. The third kappa shape index (κ3) is 3.17. The van der Waals surface area contributed by atoms with Crippen LogP contribution in [0.1, 0.15) is 44.6 Å². The van der Waals surface area contributed by atoms with E-state index in [1.807, 2.05) is 30.3 Å². The Hall–Kier alpha value is -1.75. The Labute approximate surface area is 114 Å². The maximum Gasteiger partial charge on any atom is 0.310 e. The lowest BCUT2D eigenvalue weighted by atomic mass is 9.82. The molecule has 2 heteroatoms. The van der Waals surface area contributed by atoms with Crippen LogP contribution in [0.25, 0.3) is 0 Å². The minimum absolute atomic E-state index is 0.466. The molecule has 0 spiro atoms. The van der Waals surface area contributed by atoms with Gasteiger partial charge in [0.1, 0.15) is 0 Å². The highest BCUT2D eigenvalue weighted by Crippen LogP contribution is 2.45. The van der Waals surface area contributed by atoms with Crippen molar-refractivity contribution in [2.75, 3.05) is 0 Å². The standard InChI is InChI=1S/C17H20O2/c1-2-14-10-12-17(13-14,16(18)19)11-6-9-15-7-4-3-5-8-15/h3-5,7-8,14H,2,10-13H2,1H3,(H,18,19). The number of rotatable bonds is 3. The third-order valence-corrected chi connectivity index (χ3v) is 4.17. The van der Waals surface area contributed by atoms with Crippen LogP contribution in [-0.4, -0.2) is 11.1 Å². The number of carboxylic acids is 1. The summed E-state index contributed by atoms with van der Waals surface area (Å²) in [5.41, 5.74) is 0.343. The van der Waals surface area contributed by atoms with E-state index in [0.717, 1.165) is 31.2 Å². The summed E-state index contributed by atoms with van der Waals surface area (Å²) in [6.45, 7) is 2.14. The summed E-state index contributed by atoms with van der Waals surface area (Å²) in [5, 5.41) is 9.51. The zero-order valence-electron chi connectivity index (χ0n) is 11.4. The molecule has 0 amide bonds. The molecule has 0 radical (unpaired) electrons. The van der Waals surface area contributed by atoms with Gasteiger partial charge < -0.3 is 5.11 Å². The number of aliphatic carboxylic acids is 1. The van der Waals surface area contributed by atoms with Crippen LogP contribution in [0, 0.1) is 23.2 Å². The number of hydrogen-bond donors (Lipinski definition) is 1. The fraction of sp³-hybridized carbons (Fsp3) is 0.471. The summed E-state index contributed by atoms with van der Waals surface area (Å²) in [4.78, 5) is 11.6. The summed E-state index contributed by atoms with van der Waals surface area (Å²) in [7, 11) is 0. The Morgan fingerprint density at radius 3 is 2.74 bits per heavy atom. The summed E-state index contributed by atoms with van der Waals surface area (Å²) in [6, 6.07) is 9.74. The first-order valence-corrected chi connectivity index (χ1v) is 6.93. The Morgan fingerprint density at radius 2 is 2.16 bits per heavy atom. The van der Waals surface area contributed by atoms with Crippen LogP contribution in [0.3, 0.4) is 0 Å². The van der Waals surface area contributed by atoms with Gasteiger partial charge in [-0.15, -0.1) is 0 Å². The van der Waals surface area contributed by atoms with Crippen LogP contribution >= 0.6 is 0 Å². The van der Waals surface area contributed by atoms with Gasteiger partial charge in [0.05, 0.1) is 5.41 Å². The first-order valence-electron chi connectivity index (χ1n) is 6.93. The topological polar surface area (TPSA) is 37.3 Å². The predicted octanol–water partition coefficient (Wildman–Crippen LogP) is 3.71. The van der Waals surface area contributed by atoms with E-state index in [2.05, 4.69) is 18.8 Å². The number of carbonyl (C=O) groups is 1. The van der Waals surface area contributed by atoms with Gasteiger partial charge in [-0.3, -0.25) is 4.79 Å². The molecule has 2 unspecified atom stereocenters. The van der Waals surface area contributed by atoms with Gasteiger partial charge in [0.15, 0.2) is 0 Å². The lowest BCUT2D eigenvalue weighted by Gasteiger charge is -2.21. The first kappa shape index (κ1) is 13.7. The highest BCUT2D eigenvalue weighted by atomic mass is 16.4. The summed E-state index contributed by atoms with van der Waals surface area (Å²) in [5.74, 6) is 6.03. The van der Waals surface area contributed by atoms with E-state index in [-0.39, 0.29) is 0 Å².